The zero-order chi connectivity index (χ0) is 22.1. The number of para-hydroxylation sites is 1. The van der Waals surface area contributed by atoms with Crippen LogP contribution in [-0.4, -0.2) is 19.9 Å². The lowest BCUT2D eigenvalue weighted by atomic mass is 10.2. The molecule has 0 atom stereocenters. The Kier molecular flexibility index (Phi) is 8.85. The third kappa shape index (κ3) is 6.77. The van der Waals surface area contributed by atoms with Crippen molar-refractivity contribution in [3.05, 3.63) is 85.9 Å². The molecule has 0 aliphatic carbocycles. The summed E-state index contributed by atoms with van der Waals surface area (Å²) in [6.07, 6.45) is 1.77. The van der Waals surface area contributed by atoms with Gasteiger partial charge in [0.25, 0.3) is 0 Å². The minimum absolute atomic E-state index is 0.432. The molecule has 0 fully saturated rings. The van der Waals surface area contributed by atoms with Gasteiger partial charge in [-0.05, 0) is 71.0 Å². The Morgan fingerprint density at radius 3 is 2.55 bits per heavy atom. The van der Waals surface area contributed by atoms with Gasteiger partial charge in [-0.1, -0.05) is 41.9 Å². The van der Waals surface area contributed by atoms with Crippen LogP contribution in [0.25, 0.3) is 0 Å². The number of hydrogen-bond donors (Lipinski definition) is 1. The van der Waals surface area contributed by atoms with E-state index in [2.05, 4.69) is 33.1 Å². The molecule has 0 saturated heterocycles. The number of rotatable bonds is 10. The van der Waals surface area contributed by atoms with Gasteiger partial charge >= 0.3 is 0 Å². The molecule has 31 heavy (non-hydrogen) atoms. The topological polar surface area (TPSA) is 52.1 Å². The highest BCUT2D eigenvalue weighted by Gasteiger charge is 2.12. The van der Waals surface area contributed by atoms with Crippen LogP contribution in [0.5, 0.6) is 17.2 Å². The Morgan fingerprint density at radius 1 is 1.03 bits per heavy atom. The number of benzene rings is 3. The summed E-state index contributed by atoms with van der Waals surface area (Å²) >= 11 is 8.21. The van der Waals surface area contributed by atoms with Crippen LogP contribution in [0.15, 0.2) is 65.8 Å². The highest BCUT2D eigenvalue weighted by molar-refractivity contribution is 14.1. The van der Waals surface area contributed by atoms with Gasteiger partial charge in [0.2, 0.25) is 0 Å². The molecule has 5 nitrogen and oxygen atoms in total. The van der Waals surface area contributed by atoms with Crippen LogP contribution in [-0.2, 0) is 13.2 Å². The molecular formula is C24H24ClIN2O3. The number of nitrogens with one attached hydrogen (secondary N) is 1. The molecule has 3 aromatic rings. The van der Waals surface area contributed by atoms with Crippen molar-refractivity contribution in [3.63, 3.8) is 0 Å². The molecular weight excluding hydrogens is 527 g/mol. The fourth-order valence-electron chi connectivity index (χ4n) is 2.90. The predicted molar refractivity (Wildman–Crippen MR) is 134 cm³/mol. The second kappa shape index (κ2) is 11.8. The summed E-state index contributed by atoms with van der Waals surface area (Å²) in [6.45, 7) is 3.49. The molecule has 0 radical (unpaired) electrons. The van der Waals surface area contributed by atoms with Crippen molar-refractivity contribution in [1.29, 1.82) is 0 Å². The van der Waals surface area contributed by atoms with Gasteiger partial charge in [0, 0.05) is 10.6 Å². The largest absolute Gasteiger partial charge is 0.496 e. The van der Waals surface area contributed by atoms with Gasteiger partial charge < -0.3 is 19.6 Å². The molecule has 7 heteroatoms. The molecule has 0 saturated carbocycles. The van der Waals surface area contributed by atoms with E-state index in [1.54, 1.807) is 13.3 Å². The highest BCUT2D eigenvalue weighted by atomic mass is 127. The van der Waals surface area contributed by atoms with Crippen LogP contribution in [0.1, 0.15) is 23.6 Å². The SMILES string of the molecule is CCOc1cc(/C=N\NCc2ccccc2OC)cc(I)c1OCc1ccc(Cl)cc1. The molecule has 0 amide bonds. The molecule has 0 unspecified atom stereocenters. The number of hydrogen-bond acceptors (Lipinski definition) is 5. The number of halogens is 2. The summed E-state index contributed by atoms with van der Waals surface area (Å²) in [6, 6.07) is 19.4. The molecule has 0 aliphatic heterocycles. The molecule has 0 heterocycles. The fourth-order valence-corrected chi connectivity index (χ4v) is 3.81. The lowest BCUT2D eigenvalue weighted by Gasteiger charge is -2.15. The maximum atomic E-state index is 6.06. The quantitative estimate of drug-likeness (QED) is 0.190. The third-order valence-electron chi connectivity index (χ3n) is 4.40. The Bertz CT molecular complexity index is 1030. The van der Waals surface area contributed by atoms with Crippen molar-refractivity contribution in [3.8, 4) is 17.2 Å². The highest BCUT2D eigenvalue weighted by Crippen LogP contribution is 2.34. The van der Waals surface area contributed by atoms with Crippen molar-refractivity contribution < 1.29 is 14.2 Å². The molecule has 0 aromatic heterocycles. The van der Waals surface area contributed by atoms with Crippen molar-refractivity contribution >= 4 is 40.4 Å². The van der Waals surface area contributed by atoms with Crippen LogP contribution in [0.3, 0.4) is 0 Å². The van der Waals surface area contributed by atoms with Crippen molar-refractivity contribution in [1.82, 2.24) is 5.43 Å². The van der Waals surface area contributed by atoms with Crippen LogP contribution >= 0.6 is 34.2 Å². The number of hydrazone groups is 1. The number of nitrogens with zero attached hydrogens (tertiary/aromatic N) is 1. The second-order valence-corrected chi connectivity index (χ2v) is 8.18. The van der Waals surface area contributed by atoms with Gasteiger partial charge in [-0.25, -0.2) is 0 Å². The van der Waals surface area contributed by atoms with Gasteiger partial charge in [0.1, 0.15) is 12.4 Å². The van der Waals surface area contributed by atoms with Crippen molar-refractivity contribution in [2.45, 2.75) is 20.1 Å². The van der Waals surface area contributed by atoms with Gasteiger partial charge in [0.05, 0.1) is 30.0 Å². The molecule has 162 valence electrons. The Morgan fingerprint density at radius 2 is 1.81 bits per heavy atom. The smallest absolute Gasteiger partial charge is 0.175 e. The summed E-state index contributed by atoms with van der Waals surface area (Å²) < 4.78 is 18.2. The van der Waals surface area contributed by atoms with Crippen LogP contribution in [0.2, 0.25) is 5.02 Å². The average Bonchev–Trinajstić information content (AvgIpc) is 2.78. The Labute approximate surface area is 201 Å². The van der Waals surface area contributed by atoms with Crippen molar-refractivity contribution in [2.75, 3.05) is 13.7 Å². The first-order valence-corrected chi connectivity index (χ1v) is 11.3. The van der Waals surface area contributed by atoms with Crippen LogP contribution in [0, 0.1) is 3.57 Å². The first-order valence-electron chi connectivity index (χ1n) is 9.82. The summed E-state index contributed by atoms with van der Waals surface area (Å²) in [5, 5.41) is 5.05. The summed E-state index contributed by atoms with van der Waals surface area (Å²) in [5.41, 5.74) is 6.06. The third-order valence-corrected chi connectivity index (χ3v) is 5.45. The second-order valence-electron chi connectivity index (χ2n) is 6.58. The average molecular weight is 551 g/mol. The fraction of sp³-hybridized carbons (Fsp3) is 0.208. The van der Waals surface area contributed by atoms with Gasteiger partial charge in [0.15, 0.2) is 11.5 Å². The molecule has 0 bridgehead atoms. The van der Waals surface area contributed by atoms with Gasteiger partial charge in [-0.15, -0.1) is 0 Å². The minimum atomic E-state index is 0.432. The van der Waals surface area contributed by atoms with Crippen molar-refractivity contribution in [2.24, 2.45) is 5.10 Å². The zero-order valence-electron chi connectivity index (χ0n) is 17.4. The Balaban J connectivity index is 1.68. The summed E-state index contributed by atoms with van der Waals surface area (Å²) in [5.74, 6) is 2.24. The first kappa shape index (κ1) is 23.2. The molecule has 3 rings (SSSR count). The van der Waals surface area contributed by atoms with E-state index in [0.717, 1.165) is 31.8 Å². The summed E-state index contributed by atoms with van der Waals surface area (Å²) in [7, 11) is 1.66. The van der Waals surface area contributed by atoms with Gasteiger partial charge in [-0.3, -0.25) is 0 Å². The van der Waals surface area contributed by atoms with E-state index < -0.39 is 0 Å². The Hall–Kier alpha value is -2.45. The minimum Gasteiger partial charge on any atom is -0.496 e. The monoisotopic (exact) mass is 550 g/mol. The van der Waals surface area contributed by atoms with Gasteiger partial charge in [-0.2, -0.15) is 5.10 Å². The molecule has 0 aliphatic rings. The van der Waals surface area contributed by atoms with E-state index in [4.69, 9.17) is 25.8 Å². The van der Waals surface area contributed by atoms with Crippen LogP contribution in [0.4, 0.5) is 0 Å². The summed E-state index contributed by atoms with van der Waals surface area (Å²) in [4.78, 5) is 0. The number of ether oxygens (including phenoxy) is 3. The predicted octanol–water partition coefficient (Wildman–Crippen LogP) is 6.05. The normalized spacial score (nSPS) is 10.8. The standard InChI is InChI=1S/C24H24ClIN2O3/c1-3-30-23-13-18(14-27-28-15-19-6-4-5-7-22(19)29-2)12-21(26)24(23)31-16-17-8-10-20(25)11-9-17/h4-14,28H,3,15-16H2,1-2H3/b27-14-. The first-order chi connectivity index (χ1) is 15.1. The molecule has 0 spiro atoms. The van der Waals surface area contributed by atoms with E-state index in [0.29, 0.717) is 30.5 Å². The number of methoxy groups -OCH3 is 1. The molecule has 1 N–H and O–H groups in total. The lowest BCUT2D eigenvalue weighted by Crippen LogP contribution is -2.07. The maximum Gasteiger partial charge on any atom is 0.175 e. The molecule has 3 aromatic carbocycles. The maximum absolute atomic E-state index is 6.06. The lowest BCUT2D eigenvalue weighted by molar-refractivity contribution is 0.267. The zero-order valence-corrected chi connectivity index (χ0v) is 20.3. The van der Waals surface area contributed by atoms with Crippen LogP contribution < -0.4 is 19.6 Å². The van der Waals surface area contributed by atoms with E-state index in [-0.39, 0.29) is 0 Å². The van der Waals surface area contributed by atoms with E-state index in [1.807, 2.05) is 67.6 Å². The van der Waals surface area contributed by atoms with E-state index in [1.165, 1.54) is 0 Å². The van der Waals surface area contributed by atoms with E-state index in [9.17, 15) is 0 Å². The van der Waals surface area contributed by atoms with E-state index >= 15 is 0 Å².